The van der Waals surface area contributed by atoms with E-state index in [1.54, 1.807) is 37.8 Å². The molecule has 1 aliphatic carbocycles. The van der Waals surface area contributed by atoms with Crippen molar-refractivity contribution in [3.63, 3.8) is 0 Å². The second kappa shape index (κ2) is 12.9. The number of carbonyl (C=O) groups excluding carboxylic acids is 3. The zero-order chi connectivity index (χ0) is 31.5. The van der Waals surface area contributed by atoms with Gasteiger partial charge in [-0.3, -0.25) is 23.7 Å². The molecule has 2 aliphatic heterocycles. The monoisotopic (exact) mass is 598 g/mol. The molecule has 0 spiro atoms. The smallest absolute Gasteiger partial charge is 0.312 e. The summed E-state index contributed by atoms with van der Waals surface area (Å²) in [4.78, 5) is 63.0. The maximum atomic E-state index is 13.8. The zero-order valence-corrected chi connectivity index (χ0v) is 26.0. The Balaban J connectivity index is 1.74. The van der Waals surface area contributed by atoms with Gasteiger partial charge in [0, 0.05) is 65.9 Å². The second-order valence-electron chi connectivity index (χ2n) is 12.1. The molecule has 2 bridgehead atoms. The summed E-state index contributed by atoms with van der Waals surface area (Å²) in [6.07, 6.45) is 2.39. The summed E-state index contributed by atoms with van der Waals surface area (Å²) >= 11 is 0. The first-order valence-corrected chi connectivity index (χ1v) is 14.7. The molecule has 234 valence electrons. The summed E-state index contributed by atoms with van der Waals surface area (Å²) in [6, 6.07) is 5.81. The molecule has 12 heteroatoms. The van der Waals surface area contributed by atoms with Crippen LogP contribution in [0, 0.1) is 18.2 Å². The summed E-state index contributed by atoms with van der Waals surface area (Å²) in [6.45, 7) is 7.15. The van der Waals surface area contributed by atoms with Crippen LogP contribution in [0.25, 0.3) is 0 Å². The molecule has 0 saturated heterocycles. The number of likely N-dealkylation sites (N-methyl/N-ethyl adjacent to an activating group) is 3. The van der Waals surface area contributed by atoms with Gasteiger partial charge in [0.15, 0.2) is 0 Å². The number of amides is 3. The van der Waals surface area contributed by atoms with Crippen LogP contribution in [-0.4, -0.2) is 96.5 Å². The number of aryl methyl sites for hydroxylation is 1. The Hall–Kier alpha value is -3.64. The van der Waals surface area contributed by atoms with Crippen LogP contribution in [0.4, 0.5) is 4.39 Å². The number of methoxy groups -OCH3 is 1. The van der Waals surface area contributed by atoms with Gasteiger partial charge in [0.2, 0.25) is 0 Å². The number of aromatic nitrogens is 2. The molecular weight excluding hydrogens is 555 g/mol. The number of hydrogen-bond acceptors (Lipinski definition) is 7. The molecule has 1 N–H and O–H groups in total. The molecule has 1 saturated carbocycles. The van der Waals surface area contributed by atoms with Crippen molar-refractivity contribution in [3.8, 4) is 0 Å². The summed E-state index contributed by atoms with van der Waals surface area (Å²) in [5.74, 6) is -1.93. The van der Waals surface area contributed by atoms with E-state index in [1.165, 1.54) is 36.0 Å². The van der Waals surface area contributed by atoms with Gasteiger partial charge in [-0.1, -0.05) is 19.1 Å². The summed E-state index contributed by atoms with van der Waals surface area (Å²) < 4.78 is 20.6. The molecule has 43 heavy (non-hydrogen) atoms. The van der Waals surface area contributed by atoms with E-state index >= 15 is 0 Å². The minimum absolute atomic E-state index is 0.0658. The van der Waals surface area contributed by atoms with Crippen molar-refractivity contribution in [2.75, 3.05) is 54.5 Å². The fourth-order valence-corrected chi connectivity index (χ4v) is 6.40. The zero-order valence-electron chi connectivity index (χ0n) is 26.0. The summed E-state index contributed by atoms with van der Waals surface area (Å²) in [5.41, 5.74) is -0.589. The Kier molecular flexibility index (Phi) is 9.70. The number of halogens is 1. The lowest BCUT2D eigenvalue weighted by atomic mass is 9.67. The summed E-state index contributed by atoms with van der Waals surface area (Å²) in [5, 5.41) is 2.78. The molecule has 0 atom stereocenters. The van der Waals surface area contributed by atoms with E-state index in [2.05, 4.69) is 17.1 Å². The van der Waals surface area contributed by atoms with E-state index < -0.39 is 23.3 Å². The lowest BCUT2D eigenvalue weighted by Crippen LogP contribution is -2.55. The van der Waals surface area contributed by atoms with Gasteiger partial charge in [-0.05, 0) is 56.3 Å². The van der Waals surface area contributed by atoms with E-state index in [4.69, 9.17) is 9.72 Å². The third kappa shape index (κ3) is 6.50. The minimum Gasteiger partial charge on any atom is -0.383 e. The number of fused-ring (bicyclic) bond motifs is 2. The van der Waals surface area contributed by atoms with Gasteiger partial charge in [0.05, 0.1) is 6.61 Å². The molecular formula is C31H43FN6O5. The van der Waals surface area contributed by atoms with Crippen molar-refractivity contribution < 1.29 is 23.5 Å². The molecule has 1 aromatic heterocycles. The van der Waals surface area contributed by atoms with E-state index in [-0.39, 0.29) is 29.0 Å². The Morgan fingerprint density at radius 1 is 1.09 bits per heavy atom. The van der Waals surface area contributed by atoms with Gasteiger partial charge in [-0.25, -0.2) is 9.37 Å². The first-order chi connectivity index (χ1) is 20.4. The molecule has 2 aromatic rings. The van der Waals surface area contributed by atoms with E-state index in [0.29, 0.717) is 55.8 Å². The number of carbonyl (C=O) groups is 3. The van der Waals surface area contributed by atoms with Gasteiger partial charge in [0.25, 0.3) is 11.5 Å². The molecule has 3 aliphatic rings. The van der Waals surface area contributed by atoms with Crippen LogP contribution in [0.5, 0.6) is 0 Å². The number of hydrogen-bond donors (Lipinski definition) is 1. The number of nitrogens with zero attached hydrogens (tertiary/aromatic N) is 5. The van der Waals surface area contributed by atoms with E-state index in [1.807, 2.05) is 0 Å². The van der Waals surface area contributed by atoms with Crippen molar-refractivity contribution in [3.05, 3.63) is 63.1 Å². The van der Waals surface area contributed by atoms with Crippen molar-refractivity contribution in [2.24, 2.45) is 5.41 Å². The van der Waals surface area contributed by atoms with Crippen LogP contribution in [0.3, 0.4) is 0 Å². The Labute approximate surface area is 252 Å². The highest BCUT2D eigenvalue weighted by Gasteiger charge is 2.54. The number of ether oxygens (including phenoxy) is 1. The Morgan fingerprint density at radius 3 is 2.40 bits per heavy atom. The largest absolute Gasteiger partial charge is 0.383 e. The van der Waals surface area contributed by atoms with Gasteiger partial charge in [-0.15, -0.1) is 0 Å². The average molecular weight is 599 g/mol. The van der Waals surface area contributed by atoms with Crippen LogP contribution in [-0.2, 0) is 33.0 Å². The van der Waals surface area contributed by atoms with Crippen molar-refractivity contribution in [1.29, 1.82) is 0 Å². The van der Waals surface area contributed by atoms with Gasteiger partial charge >= 0.3 is 11.8 Å². The highest BCUT2D eigenvalue weighted by atomic mass is 19.1. The first kappa shape index (κ1) is 32.3. The predicted octanol–water partition coefficient (Wildman–Crippen LogP) is 1.91. The second-order valence-corrected chi connectivity index (χ2v) is 12.1. The third-order valence-electron chi connectivity index (χ3n) is 9.12. The minimum atomic E-state index is -1.05. The van der Waals surface area contributed by atoms with E-state index in [9.17, 15) is 23.6 Å². The highest BCUT2D eigenvalue weighted by Crippen LogP contribution is 2.52. The molecule has 1 fully saturated rings. The summed E-state index contributed by atoms with van der Waals surface area (Å²) in [7, 11) is 6.29. The fourth-order valence-electron chi connectivity index (χ4n) is 6.40. The van der Waals surface area contributed by atoms with Crippen LogP contribution < -0.4 is 10.9 Å². The molecule has 3 amide bonds. The molecule has 3 heterocycles. The van der Waals surface area contributed by atoms with E-state index in [0.717, 1.165) is 19.6 Å². The molecule has 5 rings (SSSR count). The van der Waals surface area contributed by atoms with Gasteiger partial charge in [-0.2, -0.15) is 0 Å². The molecule has 0 radical (unpaired) electrons. The lowest BCUT2D eigenvalue weighted by molar-refractivity contribution is -0.155. The maximum absolute atomic E-state index is 13.8. The van der Waals surface area contributed by atoms with Crippen molar-refractivity contribution >= 4 is 17.7 Å². The van der Waals surface area contributed by atoms with Crippen LogP contribution in [0.2, 0.25) is 0 Å². The highest BCUT2D eigenvalue weighted by molar-refractivity contribution is 6.34. The Morgan fingerprint density at radius 2 is 1.79 bits per heavy atom. The number of nitrogens with one attached hydrogen (secondary N) is 1. The number of rotatable bonds is 10. The first-order valence-electron chi connectivity index (χ1n) is 14.7. The van der Waals surface area contributed by atoms with Crippen molar-refractivity contribution in [1.82, 2.24) is 29.6 Å². The van der Waals surface area contributed by atoms with Crippen LogP contribution >= 0.6 is 0 Å². The van der Waals surface area contributed by atoms with Gasteiger partial charge in [0.1, 0.15) is 22.9 Å². The van der Waals surface area contributed by atoms with Crippen LogP contribution in [0.1, 0.15) is 60.0 Å². The lowest BCUT2D eigenvalue weighted by Gasteiger charge is -2.47. The normalized spacial score (nSPS) is 20.8. The fraction of sp³-hybridized carbons (Fsp3) is 0.581. The number of benzene rings is 1. The molecule has 1 aromatic carbocycles. The average Bonchev–Trinajstić information content (AvgIpc) is 3.22. The SMILES string of the molecule is CCN(CCOC)CC12CCC(N(C)C(=O)C(=O)N(C)C)(CC1)c1nc(C(=O)NCc3ccc(F)c(C)c3)cc(=O)n1C2. The quantitative estimate of drug-likeness (QED) is 0.416. The van der Waals surface area contributed by atoms with Gasteiger partial charge < -0.3 is 24.8 Å². The predicted molar refractivity (Wildman–Crippen MR) is 159 cm³/mol. The molecule has 0 unspecified atom stereocenters. The topological polar surface area (TPSA) is 117 Å². The van der Waals surface area contributed by atoms with Crippen molar-refractivity contribution in [2.45, 2.75) is 58.2 Å². The van der Waals surface area contributed by atoms with Crippen LogP contribution in [0.15, 0.2) is 29.1 Å². The molecule has 11 nitrogen and oxygen atoms in total. The maximum Gasteiger partial charge on any atom is 0.312 e. The third-order valence-corrected chi connectivity index (χ3v) is 9.12. The standard InChI is InChI=1S/C31H43FN6O5/c1-7-37(14-15-43-6)19-30-10-12-31(13-11-30,36(5)28(42)27(41)35(3)4)29-34-24(17-25(39)38(29)20-30)26(40)33-18-22-8-9-23(32)21(2)16-22/h8-9,16-17H,7,10-15,18-20H2,1-6H3,(H,33,40). The Bertz CT molecular complexity index is 1430.